The van der Waals surface area contributed by atoms with E-state index in [9.17, 15) is 9.59 Å². The summed E-state index contributed by atoms with van der Waals surface area (Å²) < 4.78 is 0. The summed E-state index contributed by atoms with van der Waals surface area (Å²) in [6.45, 7) is 0.949. The predicted octanol–water partition coefficient (Wildman–Crippen LogP) is -0.985. The maximum atomic E-state index is 9.78. The number of carboxylic acids is 2. The molecule has 0 rings (SSSR count). The Balaban J connectivity index is -0.000000180. The minimum absolute atomic E-state index is 0. The van der Waals surface area contributed by atoms with Crippen molar-refractivity contribution in [2.45, 2.75) is 19.0 Å². The number of hydrogen-bond acceptors (Lipinski definition) is 5. The molecule has 0 aromatic heterocycles. The molecule has 9 heteroatoms. The molecule has 0 amide bonds. The molecule has 0 radical (unpaired) electrons. The fraction of sp³-hybridized carbons (Fsp3) is 0.667. The first-order valence-electron chi connectivity index (χ1n) is 3.55. The Hall–Kier alpha value is -0.600. The average Bonchev–Trinajstić information content (AvgIpc) is 2.15. The Labute approximate surface area is 97.7 Å². The van der Waals surface area contributed by atoms with E-state index < -0.39 is 30.6 Å². The fourth-order valence-electron chi connectivity index (χ4n) is 0.125. The largest absolute Gasteiger partial charge is 0.480 e. The zero-order chi connectivity index (χ0) is 11.7. The van der Waals surface area contributed by atoms with Gasteiger partial charge in [0.25, 0.3) is 0 Å². The second-order valence-corrected chi connectivity index (χ2v) is 2.51. The van der Waals surface area contributed by atoms with Crippen LogP contribution in [0.1, 0.15) is 6.92 Å². The van der Waals surface area contributed by atoms with Crippen molar-refractivity contribution in [2.24, 2.45) is 5.73 Å². The molecule has 0 aromatic rings. The van der Waals surface area contributed by atoms with Gasteiger partial charge in [-0.2, -0.15) is 0 Å². The molecule has 0 fully saturated rings. The van der Waals surface area contributed by atoms with E-state index >= 15 is 0 Å². The van der Waals surface area contributed by atoms with Gasteiger partial charge in [0, 0.05) is 0 Å². The quantitative estimate of drug-likeness (QED) is 0.412. The van der Waals surface area contributed by atoms with Gasteiger partial charge in [-0.1, -0.05) is 0 Å². The van der Waals surface area contributed by atoms with Gasteiger partial charge in [0.2, 0.25) is 0 Å². The van der Waals surface area contributed by atoms with Crippen LogP contribution in [0.2, 0.25) is 0 Å². The van der Waals surface area contributed by atoms with Gasteiger partial charge in [0.05, 0.1) is 6.61 Å². The Morgan fingerprint density at radius 3 is 1.80 bits per heavy atom. The number of aliphatic carboxylic acids is 2. The van der Waals surface area contributed by atoms with E-state index in [2.05, 4.69) is 0 Å². The molecule has 7 nitrogen and oxygen atoms in total. The third-order valence-electron chi connectivity index (χ3n) is 1.05. The molecule has 0 saturated heterocycles. The second-order valence-electron chi connectivity index (χ2n) is 2.30. The Kier molecular flexibility index (Phi) is 15.2. The maximum absolute atomic E-state index is 9.78. The summed E-state index contributed by atoms with van der Waals surface area (Å²) in [5, 5.41) is 23.9. The monoisotopic (exact) mass is 264 g/mol. The van der Waals surface area contributed by atoms with Gasteiger partial charge in [-0.25, -0.2) is 4.84 Å². The molecular weight excluding hydrogens is 251 g/mol. The normalized spacial score (nSPS) is 12.5. The van der Waals surface area contributed by atoms with Crippen molar-refractivity contribution in [2.75, 3.05) is 6.61 Å². The van der Waals surface area contributed by atoms with Crippen molar-refractivity contribution >= 4 is 36.1 Å². The van der Waals surface area contributed by atoms with E-state index in [0.717, 1.165) is 0 Å². The van der Waals surface area contributed by atoms with Crippen LogP contribution in [0, 0.1) is 0 Å². The number of halogens is 2. The lowest BCUT2D eigenvalue weighted by atomic mass is 10.3. The molecule has 0 aromatic carbocycles. The van der Waals surface area contributed by atoms with Crippen LogP contribution >= 0.6 is 24.2 Å². The van der Waals surface area contributed by atoms with E-state index in [1.807, 2.05) is 4.84 Å². The van der Waals surface area contributed by atoms with Crippen LogP contribution < -0.4 is 10.6 Å². The summed E-state index contributed by atoms with van der Waals surface area (Å²) in [4.78, 5) is 21.5. The van der Waals surface area contributed by atoms with Crippen LogP contribution in [0.15, 0.2) is 0 Å². The lowest BCUT2D eigenvalue weighted by Gasteiger charge is -1.97. The average molecular weight is 265 g/mol. The van der Waals surface area contributed by atoms with Crippen molar-refractivity contribution < 1.29 is 24.9 Å². The Bertz CT molecular complexity index is 172. The Morgan fingerprint density at radius 2 is 1.80 bits per heavy atom. The first-order valence-corrected chi connectivity index (χ1v) is 3.92. The summed E-state index contributed by atoms with van der Waals surface area (Å²) in [6, 6.07) is -1.79. The van der Waals surface area contributed by atoms with Gasteiger partial charge >= 0.3 is 11.9 Å². The van der Waals surface area contributed by atoms with Crippen LogP contribution in [0.25, 0.3) is 0 Å². The Morgan fingerprint density at radius 1 is 1.40 bits per heavy atom. The SMILES string of the molecule is C[C@H](NCl)C(=O)O.Cl.N[C@@H](CO)C(=O)O. The molecule has 0 saturated carbocycles. The number of hydrogen-bond donors (Lipinski definition) is 5. The molecule has 15 heavy (non-hydrogen) atoms. The summed E-state index contributed by atoms with van der Waals surface area (Å²) in [5.41, 5.74) is 4.77. The topological polar surface area (TPSA) is 133 Å². The number of carbonyl (C=O) groups is 2. The smallest absolute Gasteiger partial charge is 0.322 e. The predicted molar refractivity (Wildman–Crippen MR) is 56.0 cm³/mol. The number of nitrogens with one attached hydrogen (secondary N) is 1. The van der Waals surface area contributed by atoms with Gasteiger partial charge < -0.3 is 21.1 Å². The van der Waals surface area contributed by atoms with Crippen molar-refractivity contribution in [3.8, 4) is 0 Å². The lowest BCUT2D eigenvalue weighted by molar-refractivity contribution is -0.140. The van der Waals surface area contributed by atoms with Crippen LogP contribution in [0.3, 0.4) is 0 Å². The van der Waals surface area contributed by atoms with Crippen LogP contribution in [0.4, 0.5) is 0 Å². The third kappa shape index (κ3) is 13.4. The zero-order valence-electron chi connectivity index (χ0n) is 7.88. The van der Waals surface area contributed by atoms with Crippen LogP contribution in [-0.2, 0) is 9.59 Å². The molecule has 0 spiro atoms. The molecule has 0 unspecified atom stereocenters. The zero-order valence-corrected chi connectivity index (χ0v) is 9.46. The van der Waals surface area contributed by atoms with E-state index in [1.165, 1.54) is 6.92 Å². The van der Waals surface area contributed by atoms with Crippen molar-refractivity contribution in [1.29, 1.82) is 0 Å². The van der Waals surface area contributed by atoms with Gasteiger partial charge in [-0.3, -0.25) is 9.59 Å². The highest BCUT2D eigenvalue weighted by Gasteiger charge is 2.07. The number of rotatable bonds is 4. The van der Waals surface area contributed by atoms with E-state index in [1.54, 1.807) is 0 Å². The fourth-order valence-corrected chi connectivity index (χ4v) is 0.218. The first-order chi connectivity index (χ1) is 6.36. The number of aliphatic hydroxyl groups excluding tert-OH is 1. The summed E-state index contributed by atoms with van der Waals surface area (Å²) >= 11 is 4.92. The molecule has 2 atom stereocenters. The number of aliphatic hydroxyl groups is 1. The van der Waals surface area contributed by atoms with Gasteiger partial charge in [0.1, 0.15) is 12.1 Å². The van der Waals surface area contributed by atoms with Gasteiger partial charge in [-0.15, -0.1) is 12.4 Å². The molecule has 6 N–H and O–H groups in total. The number of carboxylic acid groups (broad SMARTS) is 2. The molecule has 0 aliphatic heterocycles. The lowest BCUT2D eigenvalue weighted by Crippen LogP contribution is -2.33. The van der Waals surface area contributed by atoms with Gasteiger partial charge in [0.15, 0.2) is 0 Å². The highest BCUT2D eigenvalue weighted by atomic mass is 35.5. The molecule has 0 heterocycles. The highest BCUT2D eigenvalue weighted by molar-refractivity contribution is 6.14. The molecule has 0 aliphatic rings. The number of nitrogens with two attached hydrogens (primary N) is 1. The summed E-state index contributed by atoms with van der Waals surface area (Å²) in [5.74, 6) is -2.13. The summed E-state index contributed by atoms with van der Waals surface area (Å²) in [7, 11) is 0. The molecule has 0 aliphatic carbocycles. The molecule has 0 bridgehead atoms. The standard InChI is InChI=1S/C3H6ClNO2.C3H7NO3.ClH/c1-2(5-4)3(6)7;4-2(1-5)3(6)7;/h2,5H,1H3,(H,6,7);2,5H,1,4H2,(H,6,7);1H/t2*2-;/m00./s1. The van der Waals surface area contributed by atoms with Crippen molar-refractivity contribution in [3.05, 3.63) is 0 Å². The maximum Gasteiger partial charge on any atom is 0.322 e. The third-order valence-corrected chi connectivity index (χ3v) is 1.38. The molecular formula is C6H14Cl2N2O5. The highest BCUT2D eigenvalue weighted by Crippen LogP contribution is 1.79. The van der Waals surface area contributed by atoms with E-state index in [-0.39, 0.29) is 12.4 Å². The van der Waals surface area contributed by atoms with Crippen molar-refractivity contribution in [1.82, 2.24) is 4.84 Å². The van der Waals surface area contributed by atoms with E-state index in [0.29, 0.717) is 0 Å². The first kappa shape index (κ1) is 19.9. The van der Waals surface area contributed by atoms with Crippen LogP contribution in [0.5, 0.6) is 0 Å². The minimum atomic E-state index is -1.18. The second kappa shape index (κ2) is 11.5. The summed E-state index contributed by atoms with van der Waals surface area (Å²) in [6.07, 6.45) is 0. The molecule has 92 valence electrons. The van der Waals surface area contributed by atoms with Crippen LogP contribution in [-0.4, -0.2) is 45.9 Å². The minimum Gasteiger partial charge on any atom is -0.480 e. The van der Waals surface area contributed by atoms with Gasteiger partial charge in [-0.05, 0) is 18.7 Å². The van der Waals surface area contributed by atoms with E-state index in [4.69, 9.17) is 32.8 Å². The van der Waals surface area contributed by atoms with Crippen molar-refractivity contribution in [3.63, 3.8) is 0 Å².